The van der Waals surface area contributed by atoms with Gasteiger partial charge in [-0.2, -0.15) is 5.10 Å². The Bertz CT molecular complexity index is 543. The number of nitrogens with zero attached hydrogens (tertiary/aromatic N) is 2. The molecule has 1 unspecified atom stereocenters. The molecule has 2 aromatic rings. The van der Waals surface area contributed by atoms with E-state index >= 15 is 0 Å². The largest absolute Gasteiger partial charge is 0.324 e. The Morgan fingerprint density at radius 1 is 1.21 bits per heavy atom. The SMILES string of the molecule is CC(C)n1ccc(CC(N)c2cc(F)cc(F)c2)n1. The first-order valence-electron chi connectivity index (χ1n) is 6.21. The minimum absolute atomic E-state index is 0.275. The summed E-state index contributed by atoms with van der Waals surface area (Å²) in [6.45, 7) is 4.05. The maximum absolute atomic E-state index is 13.1. The summed E-state index contributed by atoms with van der Waals surface area (Å²) in [7, 11) is 0. The van der Waals surface area contributed by atoms with E-state index in [2.05, 4.69) is 5.10 Å². The Hall–Kier alpha value is -1.75. The molecule has 2 N–H and O–H groups in total. The monoisotopic (exact) mass is 265 g/mol. The maximum atomic E-state index is 13.1. The molecule has 0 saturated carbocycles. The summed E-state index contributed by atoms with van der Waals surface area (Å²) in [5, 5.41) is 4.37. The molecule has 102 valence electrons. The highest BCUT2D eigenvalue weighted by atomic mass is 19.1. The average Bonchev–Trinajstić information content (AvgIpc) is 2.76. The summed E-state index contributed by atoms with van der Waals surface area (Å²) >= 11 is 0. The lowest BCUT2D eigenvalue weighted by Gasteiger charge is -2.11. The standard InChI is InChI=1S/C14H17F2N3/c1-9(2)19-4-3-13(18-19)8-14(17)10-5-11(15)7-12(16)6-10/h3-7,9,14H,8,17H2,1-2H3. The highest BCUT2D eigenvalue weighted by molar-refractivity contribution is 5.22. The van der Waals surface area contributed by atoms with Crippen molar-refractivity contribution in [2.24, 2.45) is 5.73 Å². The number of halogens is 2. The molecule has 0 aliphatic rings. The summed E-state index contributed by atoms with van der Waals surface area (Å²) in [6, 6.07) is 5.02. The molecule has 3 nitrogen and oxygen atoms in total. The molecule has 5 heteroatoms. The molecular formula is C14H17F2N3. The quantitative estimate of drug-likeness (QED) is 0.923. The lowest BCUT2D eigenvalue weighted by Crippen LogP contribution is -2.14. The van der Waals surface area contributed by atoms with Crippen molar-refractivity contribution in [3.63, 3.8) is 0 Å². The van der Waals surface area contributed by atoms with E-state index in [-0.39, 0.29) is 6.04 Å². The van der Waals surface area contributed by atoms with Gasteiger partial charge in [-0.3, -0.25) is 4.68 Å². The van der Waals surface area contributed by atoms with Gasteiger partial charge in [-0.25, -0.2) is 8.78 Å². The van der Waals surface area contributed by atoms with Crippen LogP contribution in [0.15, 0.2) is 30.5 Å². The van der Waals surface area contributed by atoms with Gasteiger partial charge in [0.05, 0.1) is 5.69 Å². The van der Waals surface area contributed by atoms with Gasteiger partial charge in [0, 0.05) is 30.8 Å². The van der Waals surface area contributed by atoms with Crippen molar-refractivity contribution in [3.05, 3.63) is 53.4 Å². The fourth-order valence-corrected chi connectivity index (χ4v) is 1.91. The number of aromatic nitrogens is 2. The van der Waals surface area contributed by atoms with Gasteiger partial charge in [-0.15, -0.1) is 0 Å². The average molecular weight is 265 g/mol. The molecule has 0 radical (unpaired) electrons. The van der Waals surface area contributed by atoms with Crippen LogP contribution in [0, 0.1) is 11.6 Å². The minimum Gasteiger partial charge on any atom is -0.324 e. The number of hydrogen-bond acceptors (Lipinski definition) is 2. The third-order valence-corrected chi connectivity index (χ3v) is 2.93. The van der Waals surface area contributed by atoms with Crippen molar-refractivity contribution in [2.75, 3.05) is 0 Å². The van der Waals surface area contributed by atoms with E-state index in [0.717, 1.165) is 11.8 Å². The van der Waals surface area contributed by atoms with Crippen LogP contribution >= 0.6 is 0 Å². The van der Waals surface area contributed by atoms with Crippen LogP contribution in [0.3, 0.4) is 0 Å². The molecule has 1 heterocycles. The van der Waals surface area contributed by atoms with E-state index in [1.54, 1.807) is 0 Å². The topological polar surface area (TPSA) is 43.8 Å². The molecule has 0 fully saturated rings. The van der Waals surface area contributed by atoms with Crippen molar-refractivity contribution < 1.29 is 8.78 Å². The van der Waals surface area contributed by atoms with Crippen molar-refractivity contribution in [3.8, 4) is 0 Å². The molecular weight excluding hydrogens is 248 g/mol. The smallest absolute Gasteiger partial charge is 0.126 e. The Morgan fingerprint density at radius 2 is 1.84 bits per heavy atom. The summed E-state index contributed by atoms with van der Waals surface area (Å²) in [5.41, 5.74) is 7.22. The van der Waals surface area contributed by atoms with Crippen LogP contribution in [0.4, 0.5) is 8.78 Å². The van der Waals surface area contributed by atoms with Crippen molar-refractivity contribution in [1.29, 1.82) is 0 Å². The van der Waals surface area contributed by atoms with E-state index in [4.69, 9.17) is 5.73 Å². The van der Waals surface area contributed by atoms with Gasteiger partial charge in [0.2, 0.25) is 0 Å². The van der Waals surface area contributed by atoms with Gasteiger partial charge in [0.15, 0.2) is 0 Å². The lowest BCUT2D eigenvalue weighted by atomic mass is 10.0. The van der Waals surface area contributed by atoms with Crippen molar-refractivity contribution in [2.45, 2.75) is 32.4 Å². The molecule has 0 aliphatic heterocycles. The predicted octanol–water partition coefficient (Wildman–Crippen LogP) is 2.98. The van der Waals surface area contributed by atoms with Gasteiger partial charge >= 0.3 is 0 Å². The first-order valence-corrected chi connectivity index (χ1v) is 6.21. The highest BCUT2D eigenvalue weighted by Gasteiger charge is 2.12. The fourth-order valence-electron chi connectivity index (χ4n) is 1.91. The molecule has 2 rings (SSSR count). The van der Waals surface area contributed by atoms with Crippen LogP contribution in [0.5, 0.6) is 0 Å². The zero-order chi connectivity index (χ0) is 14.0. The number of nitrogens with two attached hydrogens (primary N) is 1. The summed E-state index contributed by atoms with van der Waals surface area (Å²) in [6.07, 6.45) is 2.32. The lowest BCUT2D eigenvalue weighted by molar-refractivity contribution is 0.522. The second-order valence-electron chi connectivity index (χ2n) is 4.89. The molecule has 0 aliphatic carbocycles. The number of benzene rings is 1. The second-order valence-corrected chi connectivity index (χ2v) is 4.89. The molecule has 0 amide bonds. The number of hydrogen-bond donors (Lipinski definition) is 1. The van der Waals surface area contributed by atoms with E-state index in [9.17, 15) is 8.78 Å². The van der Waals surface area contributed by atoms with Gasteiger partial charge < -0.3 is 5.73 Å². The first kappa shape index (κ1) is 13.7. The minimum atomic E-state index is -0.613. The Kier molecular flexibility index (Phi) is 3.95. The van der Waals surface area contributed by atoms with Crippen molar-refractivity contribution >= 4 is 0 Å². The maximum Gasteiger partial charge on any atom is 0.126 e. The molecule has 0 bridgehead atoms. The van der Waals surface area contributed by atoms with E-state index in [1.807, 2.05) is 30.8 Å². The molecule has 19 heavy (non-hydrogen) atoms. The van der Waals surface area contributed by atoms with Crippen molar-refractivity contribution in [1.82, 2.24) is 9.78 Å². The highest BCUT2D eigenvalue weighted by Crippen LogP contribution is 2.18. The van der Waals surface area contributed by atoms with E-state index < -0.39 is 17.7 Å². The van der Waals surface area contributed by atoms with Crippen LogP contribution in [-0.2, 0) is 6.42 Å². The summed E-state index contributed by atoms with van der Waals surface area (Å²) in [5.74, 6) is -1.23. The first-order chi connectivity index (χ1) is 8.95. The predicted molar refractivity (Wildman–Crippen MR) is 69.6 cm³/mol. The zero-order valence-electron chi connectivity index (χ0n) is 11.0. The van der Waals surface area contributed by atoms with Gasteiger partial charge in [-0.1, -0.05) is 0 Å². The van der Waals surface area contributed by atoms with Gasteiger partial charge in [0.25, 0.3) is 0 Å². The Labute approximate surface area is 111 Å². The Morgan fingerprint density at radius 3 is 2.37 bits per heavy atom. The summed E-state index contributed by atoms with van der Waals surface area (Å²) < 4.78 is 28.1. The van der Waals surface area contributed by atoms with Crippen LogP contribution < -0.4 is 5.73 Å². The number of rotatable bonds is 4. The van der Waals surface area contributed by atoms with Crippen LogP contribution in [0.1, 0.15) is 37.2 Å². The molecule has 0 spiro atoms. The second kappa shape index (κ2) is 5.48. The molecule has 1 atom stereocenters. The van der Waals surface area contributed by atoms with Crippen LogP contribution in [0.25, 0.3) is 0 Å². The third kappa shape index (κ3) is 3.38. The molecule has 1 aromatic carbocycles. The Balaban J connectivity index is 2.13. The zero-order valence-corrected chi connectivity index (χ0v) is 11.0. The summed E-state index contributed by atoms with van der Waals surface area (Å²) in [4.78, 5) is 0. The van der Waals surface area contributed by atoms with E-state index in [1.165, 1.54) is 12.1 Å². The fraction of sp³-hybridized carbons (Fsp3) is 0.357. The van der Waals surface area contributed by atoms with Crippen LogP contribution in [-0.4, -0.2) is 9.78 Å². The normalized spacial score (nSPS) is 12.9. The molecule has 1 aromatic heterocycles. The van der Waals surface area contributed by atoms with Crippen LogP contribution in [0.2, 0.25) is 0 Å². The molecule has 0 saturated heterocycles. The van der Waals surface area contributed by atoms with Gasteiger partial charge in [0.1, 0.15) is 11.6 Å². The van der Waals surface area contributed by atoms with Gasteiger partial charge in [-0.05, 0) is 37.6 Å². The third-order valence-electron chi connectivity index (χ3n) is 2.93. The van der Waals surface area contributed by atoms with E-state index in [0.29, 0.717) is 12.0 Å².